The monoisotopic (exact) mass is 484 g/mol. The maximum absolute atomic E-state index is 12.6. The number of nitrogens with zero attached hydrogens (tertiary/aromatic N) is 4. The van der Waals surface area contributed by atoms with Crippen molar-refractivity contribution < 1.29 is 8.42 Å². The molecule has 2 aromatic carbocycles. The Hall–Kier alpha value is -1.58. The molecule has 3 rings (SSSR count). The smallest absolute Gasteiger partial charge is 0.195 e. The molecule has 6 nitrogen and oxygen atoms in total. The fraction of sp³-hybridized carbons (Fsp3) is 0.300. The van der Waals surface area contributed by atoms with E-state index in [9.17, 15) is 8.42 Å². The molecule has 0 aliphatic rings. The molecule has 1 aromatic heterocycles. The van der Waals surface area contributed by atoms with Gasteiger partial charge in [-0.25, -0.2) is 8.42 Å². The van der Waals surface area contributed by atoms with Crippen molar-refractivity contribution in [2.75, 3.05) is 25.6 Å². The van der Waals surface area contributed by atoms with Crippen molar-refractivity contribution in [2.24, 2.45) is 0 Å². The molecule has 3 aromatic rings. The zero-order valence-corrected chi connectivity index (χ0v) is 19.9. The van der Waals surface area contributed by atoms with Gasteiger partial charge in [-0.2, -0.15) is 0 Å². The molecule has 0 fully saturated rings. The lowest BCUT2D eigenvalue weighted by Crippen LogP contribution is -2.20. The zero-order valence-electron chi connectivity index (χ0n) is 16.8. The summed E-state index contributed by atoms with van der Waals surface area (Å²) in [6.45, 7) is 2.04. The SMILES string of the molecule is CC(c1nnc(SCCS(=O)(=O)c2ccc(Cl)cc2)n1-c1ccc(Cl)cc1)N(C)C. The average Bonchev–Trinajstić information content (AvgIpc) is 3.12. The van der Waals surface area contributed by atoms with Crippen LogP contribution in [0.3, 0.4) is 0 Å². The molecule has 1 unspecified atom stereocenters. The number of hydrogen-bond acceptors (Lipinski definition) is 6. The number of thioether (sulfide) groups is 1. The molecule has 30 heavy (non-hydrogen) atoms. The first kappa shape index (κ1) is 23.1. The van der Waals surface area contributed by atoms with Crippen LogP contribution in [0.15, 0.2) is 58.6 Å². The summed E-state index contributed by atoms with van der Waals surface area (Å²) in [4.78, 5) is 2.30. The van der Waals surface area contributed by atoms with Gasteiger partial charge in [-0.05, 0) is 69.6 Å². The Balaban J connectivity index is 1.83. The maximum atomic E-state index is 12.6. The third kappa shape index (κ3) is 5.36. The molecule has 0 N–H and O–H groups in total. The third-order valence-electron chi connectivity index (χ3n) is 4.65. The van der Waals surface area contributed by atoms with Gasteiger partial charge >= 0.3 is 0 Å². The van der Waals surface area contributed by atoms with Crippen molar-refractivity contribution in [1.82, 2.24) is 19.7 Å². The van der Waals surface area contributed by atoms with E-state index in [1.807, 2.05) is 42.6 Å². The number of hydrogen-bond donors (Lipinski definition) is 0. The van der Waals surface area contributed by atoms with Crippen LogP contribution in [0.25, 0.3) is 5.69 Å². The molecule has 0 saturated heterocycles. The van der Waals surface area contributed by atoms with E-state index in [1.165, 1.54) is 23.9 Å². The minimum atomic E-state index is -3.42. The third-order valence-corrected chi connectivity index (χ3v) is 8.07. The van der Waals surface area contributed by atoms with Crippen LogP contribution in [0.2, 0.25) is 10.0 Å². The van der Waals surface area contributed by atoms with E-state index in [-0.39, 0.29) is 16.7 Å². The van der Waals surface area contributed by atoms with Gasteiger partial charge in [-0.3, -0.25) is 9.47 Å². The van der Waals surface area contributed by atoms with Crippen LogP contribution < -0.4 is 0 Å². The summed E-state index contributed by atoms with van der Waals surface area (Å²) in [5.41, 5.74) is 0.871. The predicted octanol–water partition coefficient (Wildman–Crippen LogP) is 4.76. The van der Waals surface area contributed by atoms with Crippen molar-refractivity contribution in [3.8, 4) is 5.69 Å². The van der Waals surface area contributed by atoms with Crippen LogP contribution in [-0.4, -0.2) is 53.7 Å². The largest absolute Gasteiger partial charge is 0.300 e. The summed E-state index contributed by atoms with van der Waals surface area (Å²) in [5, 5.41) is 10.5. The Morgan fingerprint density at radius 3 is 2.13 bits per heavy atom. The van der Waals surface area contributed by atoms with Gasteiger partial charge in [0, 0.05) is 21.5 Å². The highest BCUT2D eigenvalue weighted by molar-refractivity contribution is 8.00. The first-order chi connectivity index (χ1) is 14.2. The summed E-state index contributed by atoms with van der Waals surface area (Å²) >= 11 is 13.2. The van der Waals surface area contributed by atoms with Gasteiger partial charge in [-0.15, -0.1) is 10.2 Å². The molecule has 0 radical (unpaired) electrons. The van der Waals surface area contributed by atoms with Crippen LogP contribution in [-0.2, 0) is 9.84 Å². The van der Waals surface area contributed by atoms with Gasteiger partial charge in [0.05, 0.1) is 16.7 Å². The van der Waals surface area contributed by atoms with Crippen LogP contribution in [0.1, 0.15) is 18.8 Å². The lowest BCUT2D eigenvalue weighted by molar-refractivity contribution is 0.305. The Kier molecular flexibility index (Phi) is 7.47. The summed E-state index contributed by atoms with van der Waals surface area (Å²) in [6, 6.07) is 13.6. The standard InChI is InChI=1S/C20H22Cl2N4O2S2/c1-14(25(2)3)19-23-24-20(26(19)17-8-4-15(21)5-9-17)29-12-13-30(27,28)18-10-6-16(22)7-11-18/h4-11,14H,12-13H2,1-3H3. The van der Waals surface area contributed by atoms with Crippen molar-refractivity contribution in [3.05, 3.63) is 64.4 Å². The fourth-order valence-electron chi connectivity index (χ4n) is 2.71. The van der Waals surface area contributed by atoms with E-state index < -0.39 is 9.84 Å². The second-order valence-corrected chi connectivity index (χ2v) is 11.0. The van der Waals surface area contributed by atoms with Gasteiger partial charge in [-0.1, -0.05) is 35.0 Å². The Labute approximate surface area is 191 Å². The lowest BCUT2D eigenvalue weighted by atomic mass is 10.2. The highest BCUT2D eigenvalue weighted by Crippen LogP contribution is 2.28. The average molecular weight is 485 g/mol. The highest BCUT2D eigenvalue weighted by atomic mass is 35.5. The van der Waals surface area contributed by atoms with Crippen molar-refractivity contribution in [1.29, 1.82) is 0 Å². The molecule has 160 valence electrons. The number of halogens is 2. The first-order valence-electron chi connectivity index (χ1n) is 9.18. The quantitative estimate of drug-likeness (QED) is 0.429. The molecule has 0 saturated carbocycles. The predicted molar refractivity (Wildman–Crippen MR) is 123 cm³/mol. The molecule has 0 spiro atoms. The molecular weight excluding hydrogens is 463 g/mol. The van der Waals surface area contributed by atoms with Gasteiger partial charge in [0.1, 0.15) is 0 Å². The van der Waals surface area contributed by atoms with Crippen LogP contribution in [0.5, 0.6) is 0 Å². The van der Waals surface area contributed by atoms with E-state index >= 15 is 0 Å². The Bertz CT molecular complexity index is 1100. The molecule has 0 bridgehead atoms. The topological polar surface area (TPSA) is 68.1 Å². The second kappa shape index (κ2) is 9.70. The highest BCUT2D eigenvalue weighted by Gasteiger charge is 2.22. The molecule has 10 heteroatoms. The molecule has 0 aliphatic carbocycles. The summed E-state index contributed by atoms with van der Waals surface area (Å²) in [6.07, 6.45) is 0. The van der Waals surface area contributed by atoms with E-state index in [0.29, 0.717) is 21.0 Å². The summed E-state index contributed by atoms with van der Waals surface area (Å²) in [7, 11) is 0.523. The molecule has 1 atom stereocenters. The normalized spacial score (nSPS) is 13.0. The van der Waals surface area contributed by atoms with Crippen LogP contribution in [0.4, 0.5) is 0 Å². The molecular formula is C20H22Cl2N4O2S2. The van der Waals surface area contributed by atoms with Gasteiger partial charge in [0.2, 0.25) is 0 Å². The molecule has 0 aliphatic heterocycles. The number of sulfone groups is 1. The maximum Gasteiger partial charge on any atom is 0.195 e. The Morgan fingerprint density at radius 1 is 1.00 bits per heavy atom. The van der Waals surface area contributed by atoms with E-state index in [2.05, 4.69) is 10.2 Å². The summed E-state index contributed by atoms with van der Waals surface area (Å²) in [5.74, 6) is 1.09. The van der Waals surface area contributed by atoms with Crippen LogP contribution >= 0.6 is 35.0 Å². The van der Waals surface area contributed by atoms with Gasteiger partial charge in [0.15, 0.2) is 20.8 Å². The second-order valence-electron chi connectivity index (χ2n) is 6.91. The van der Waals surface area contributed by atoms with E-state index in [1.54, 1.807) is 24.3 Å². The summed E-state index contributed by atoms with van der Waals surface area (Å²) < 4.78 is 27.2. The van der Waals surface area contributed by atoms with Crippen molar-refractivity contribution in [2.45, 2.75) is 23.0 Å². The molecule has 0 amide bonds. The van der Waals surface area contributed by atoms with E-state index in [4.69, 9.17) is 23.2 Å². The van der Waals surface area contributed by atoms with E-state index in [0.717, 1.165) is 11.5 Å². The van der Waals surface area contributed by atoms with Crippen molar-refractivity contribution >= 4 is 44.8 Å². The lowest BCUT2D eigenvalue weighted by Gasteiger charge is -2.20. The zero-order chi connectivity index (χ0) is 21.9. The first-order valence-corrected chi connectivity index (χ1v) is 12.6. The number of benzene rings is 2. The minimum absolute atomic E-state index is 0.0142. The van der Waals surface area contributed by atoms with Gasteiger partial charge < -0.3 is 0 Å². The number of rotatable bonds is 8. The van der Waals surface area contributed by atoms with Crippen molar-refractivity contribution in [3.63, 3.8) is 0 Å². The van der Waals surface area contributed by atoms with Gasteiger partial charge in [0.25, 0.3) is 0 Å². The number of aromatic nitrogens is 3. The minimum Gasteiger partial charge on any atom is -0.300 e. The fourth-order valence-corrected chi connectivity index (χ4v) is 5.57. The van der Waals surface area contributed by atoms with Crippen LogP contribution in [0, 0.1) is 0 Å². The Morgan fingerprint density at radius 2 is 1.57 bits per heavy atom. The molecule has 1 heterocycles.